The van der Waals surface area contributed by atoms with Crippen LogP contribution in [0.4, 0.5) is 5.82 Å². The van der Waals surface area contributed by atoms with Gasteiger partial charge in [0.25, 0.3) is 11.5 Å². The van der Waals surface area contributed by atoms with Crippen LogP contribution in [0.2, 0.25) is 4.34 Å². The van der Waals surface area contributed by atoms with Crippen molar-refractivity contribution < 1.29 is 14.7 Å². The van der Waals surface area contributed by atoms with Gasteiger partial charge in [-0.15, -0.1) is 11.3 Å². The molecule has 0 amide bonds. The lowest BCUT2D eigenvalue weighted by atomic mass is 9.94. The van der Waals surface area contributed by atoms with Crippen LogP contribution in [0, 0.1) is 5.41 Å². The maximum Gasteiger partial charge on any atom is 0.256 e. The lowest BCUT2D eigenvalue weighted by Crippen LogP contribution is -2.34. The van der Waals surface area contributed by atoms with Crippen molar-refractivity contribution >= 4 is 46.5 Å². The van der Waals surface area contributed by atoms with Crippen molar-refractivity contribution in [2.24, 2.45) is 5.41 Å². The number of aromatic nitrogens is 4. The summed E-state index contributed by atoms with van der Waals surface area (Å²) in [7, 11) is 0. The normalized spacial score (nSPS) is 11.4. The van der Waals surface area contributed by atoms with E-state index in [9.17, 15) is 19.5 Å². The van der Waals surface area contributed by atoms with Gasteiger partial charge in [-0.3, -0.25) is 19.4 Å². The molecule has 4 aromatic rings. The predicted molar refractivity (Wildman–Crippen MR) is 149 cm³/mol. The van der Waals surface area contributed by atoms with Crippen LogP contribution in [0.1, 0.15) is 39.7 Å². The molecule has 0 aliphatic carbocycles. The monoisotopic (exact) mass is 551 g/mol. The van der Waals surface area contributed by atoms with Gasteiger partial charge in [-0.1, -0.05) is 24.2 Å². The van der Waals surface area contributed by atoms with Gasteiger partial charge in [0.1, 0.15) is 11.5 Å². The highest BCUT2D eigenvalue weighted by molar-refractivity contribution is 7.16. The number of pyridine rings is 2. The molecule has 196 valence electrons. The van der Waals surface area contributed by atoms with Gasteiger partial charge in [0.15, 0.2) is 0 Å². The number of carbonyl (C=O) groups excluding carboxylic acids is 2. The highest BCUT2D eigenvalue weighted by Crippen LogP contribution is 2.29. The fraction of sp³-hybridized carbons (Fsp3) is 0.222. The van der Waals surface area contributed by atoms with Gasteiger partial charge in [-0.25, -0.2) is 0 Å². The Labute approximate surface area is 228 Å². The number of anilines is 1. The number of nitrogens with one attached hydrogen (secondary N) is 1. The quantitative estimate of drug-likeness (QED) is 0.276. The van der Waals surface area contributed by atoms with E-state index in [1.165, 1.54) is 38.9 Å². The molecule has 11 heteroatoms. The lowest BCUT2D eigenvalue weighted by molar-refractivity contribution is 0.0616. The highest BCUT2D eigenvalue weighted by atomic mass is 35.5. The second-order valence-corrected chi connectivity index (χ2v) is 10.9. The molecule has 4 heterocycles. The summed E-state index contributed by atoms with van der Waals surface area (Å²) in [6, 6.07) is 13.3. The third-order valence-electron chi connectivity index (χ3n) is 5.90. The Bertz CT molecular complexity index is 1560. The van der Waals surface area contributed by atoms with Crippen LogP contribution >= 0.6 is 22.9 Å². The zero-order chi connectivity index (χ0) is 27.4. The second-order valence-electron chi connectivity index (χ2n) is 9.13. The molecule has 0 aromatic carbocycles. The fourth-order valence-electron chi connectivity index (χ4n) is 3.72. The van der Waals surface area contributed by atoms with Crippen molar-refractivity contribution in [2.75, 3.05) is 11.9 Å². The van der Waals surface area contributed by atoms with E-state index in [1.54, 1.807) is 50.2 Å². The molecule has 4 rings (SSSR count). The smallest absolute Gasteiger partial charge is 0.256 e. The van der Waals surface area contributed by atoms with E-state index in [2.05, 4.69) is 22.0 Å². The number of rotatable bonds is 10. The Morgan fingerprint density at radius 1 is 1.21 bits per heavy atom. The molecule has 0 spiro atoms. The molecule has 0 bridgehead atoms. The standard InChI is InChI=1S/C27H26ClN5O4S/c1-4-21-18(9-11-25(36)32(21)15-22(35)19-7-5-6-12-29-19)20-13-24(30-14-17-8-10-23(28)38-17)33(31-20)26(37)27(2,3)16-34/h4-13,30,34H,1,14-16H2,2-3H3. The molecular weight excluding hydrogens is 526 g/mol. The van der Waals surface area contributed by atoms with E-state index < -0.39 is 16.9 Å². The topological polar surface area (TPSA) is 119 Å². The van der Waals surface area contributed by atoms with Crippen molar-refractivity contribution in [1.29, 1.82) is 0 Å². The van der Waals surface area contributed by atoms with Crippen LogP contribution in [-0.2, 0) is 13.1 Å². The van der Waals surface area contributed by atoms with E-state index in [-0.39, 0.29) is 24.6 Å². The number of aliphatic hydroxyl groups is 1. The predicted octanol–water partition coefficient (Wildman–Crippen LogP) is 4.62. The summed E-state index contributed by atoms with van der Waals surface area (Å²) in [5.74, 6) is -0.361. The van der Waals surface area contributed by atoms with E-state index >= 15 is 0 Å². The number of hydrogen-bond acceptors (Lipinski definition) is 8. The number of halogens is 1. The first-order valence-electron chi connectivity index (χ1n) is 11.7. The average Bonchev–Trinajstić information content (AvgIpc) is 3.54. The number of hydrogen-bond donors (Lipinski definition) is 2. The second kappa shape index (κ2) is 11.3. The molecule has 0 aliphatic rings. The number of ketones is 1. The minimum absolute atomic E-state index is 0.237. The maximum absolute atomic E-state index is 13.3. The van der Waals surface area contributed by atoms with Crippen LogP contribution < -0.4 is 10.9 Å². The van der Waals surface area contributed by atoms with Crippen molar-refractivity contribution in [3.8, 4) is 11.3 Å². The molecular formula is C27H26ClN5O4S. The zero-order valence-corrected chi connectivity index (χ0v) is 22.4. The van der Waals surface area contributed by atoms with Crippen LogP contribution in [-0.4, -0.2) is 42.7 Å². The first-order chi connectivity index (χ1) is 18.1. The van der Waals surface area contributed by atoms with Crippen molar-refractivity contribution in [3.05, 3.63) is 92.3 Å². The zero-order valence-electron chi connectivity index (χ0n) is 20.8. The van der Waals surface area contributed by atoms with E-state index in [0.717, 1.165) is 4.88 Å². The van der Waals surface area contributed by atoms with Gasteiger partial charge < -0.3 is 15.0 Å². The molecule has 4 aromatic heterocycles. The molecule has 9 nitrogen and oxygen atoms in total. The number of carbonyl (C=O) groups is 2. The molecule has 0 aliphatic heterocycles. The van der Waals surface area contributed by atoms with Crippen LogP contribution in [0.5, 0.6) is 0 Å². The Morgan fingerprint density at radius 3 is 2.63 bits per heavy atom. The van der Waals surface area contributed by atoms with Gasteiger partial charge in [0, 0.05) is 28.8 Å². The summed E-state index contributed by atoms with van der Waals surface area (Å²) in [5, 5.41) is 17.6. The van der Waals surface area contributed by atoms with Crippen molar-refractivity contribution in [1.82, 2.24) is 19.3 Å². The molecule has 0 fully saturated rings. The van der Waals surface area contributed by atoms with Crippen molar-refractivity contribution in [3.63, 3.8) is 0 Å². The van der Waals surface area contributed by atoms with Gasteiger partial charge >= 0.3 is 0 Å². The maximum atomic E-state index is 13.3. The largest absolute Gasteiger partial charge is 0.395 e. The molecule has 0 saturated carbocycles. The van der Waals surface area contributed by atoms with Crippen LogP contribution in [0.3, 0.4) is 0 Å². The number of nitrogens with zero attached hydrogens (tertiary/aromatic N) is 4. The number of aliphatic hydroxyl groups excluding tert-OH is 1. The van der Waals surface area contributed by atoms with E-state index in [0.29, 0.717) is 33.7 Å². The molecule has 0 radical (unpaired) electrons. The van der Waals surface area contributed by atoms with Crippen LogP contribution in [0.25, 0.3) is 17.3 Å². The van der Waals surface area contributed by atoms with Gasteiger partial charge in [-0.05, 0) is 50.3 Å². The lowest BCUT2D eigenvalue weighted by Gasteiger charge is -2.20. The summed E-state index contributed by atoms with van der Waals surface area (Å²) < 4.78 is 3.16. The van der Waals surface area contributed by atoms with E-state index in [4.69, 9.17) is 11.6 Å². The molecule has 2 N–H and O–H groups in total. The molecule has 0 unspecified atom stereocenters. The summed E-state index contributed by atoms with van der Waals surface area (Å²) in [5.41, 5.74) is 0.00804. The fourth-order valence-corrected chi connectivity index (χ4v) is 4.75. The SMILES string of the molecule is C=Cc1c(-c2cc(NCc3ccc(Cl)s3)n(C(=O)C(C)(C)CO)n2)ccc(=O)n1CC(=O)c1ccccn1. The molecule has 0 saturated heterocycles. The minimum Gasteiger partial charge on any atom is -0.395 e. The first kappa shape index (κ1) is 27.2. The summed E-state index contributed by atoms with van der Waals surface area (Å²) in [4.78, 5) is 43.9. The van der Waals surface area contributed by atoms with Gasteiger partial charge in [0.05, 0.1) is 40.8 Å². The Hall–Kier alpha value is -3.86. The van der Waals surface area contributed by atoms with Crippen LogP contribution in [0.15, 0.2) is 66.1 Å². The number of thiophene rings is 1. The number of Topliss-reactive ketones (excluding diaryl/α,β-unsaturated/α-hetero) is 1. The molecule has 0 atom stereocenters. The summed E-state index contributed by atoms with van der Waals surface area (Å²) in [6.45, 7) is 6.86. The van der Waals surface area contributed by atoms with E-state index in [1.807, 2.05) is 6.07 Å². The average molecular weight is 552 g/mol. The Morgan fingerprint density at radius 2 is 2.00 bits per heavy atom. The third-order valence-corrected chi connectivity index (χ3v) is 7.13. The highest BCUT2D eigenvalue weighted by Gasteiger charge is 2.31. The van der Waals surface area contributed by atoms with Gasteiger partial charge in [-0.2, -0.15) is 9.78 Å². The first-order valence-corrected chi connectivity index (χ1v) is 12.9. The molecule has 38 heavy (non-hydrogen) atoms. The minimum atomic E-state index is -1.10. The summed E-state index contributed by atoms with van der Waals surface area (Å²) >= 11 is 7.46. The van der Waals surface area contributed by atoms with Gasteiger partial charge in [0.2, 0.25) is 5.78 Å². The Kier molecular flexibility index (Phi) is 8.05. The third kappa shape index (κ3) is 5.67. The summed E-state index contributed by atoms with van der Waals surface area (Å²) in [6.07, 6.45) is 2.98. The Balaban J connectivity index is 1.77. The van der Waals surface area contributed by atoms with Crippen molar-refractivity contribution in [2.45, 2.75) is 26.9 Å².